The SMILES string of the molecule is CCCc1nc(N)c(C)c(NC2CCC(=O)N(C)C2=O)n1. The first-order valence-corrected chi connectivity index (χ1v) is 7.14. The van der Waals surface area contributed by atoms with Crippen molar-refractivity contribution in [2.24, 2.45) is 0 Å². The molecule has 2 heterocycles. The van der Waals surface area contributed by atoms with Gasteiger partial charge in [0.25, 0.3) is 5.91 Å². The van der Waals surface area contributed by atoms with Crippen LogP contribution in [0.2, 0.25) is 0 Å². The van der Waals surface area contributed by atoms with Gasteiger partial charge in [-0.2, -0.15) is 0 Å². The first-order chi connectivity index (χ1) is 9.93. The zero-order chi connectivity index (χ0) is 15.6. The molecule has 7 nitrogen and oxygen atoms in total. The molecule has 1 aliphatic heterocycles. The summed E-state index contributed by atoms with van der Waals surface area (Å²) in [6.07, 6.45) is 2.47. The van der Waals surface area contributed by atoms with E-state index in [0.717, 1.165) is 23.3 Å². The van der Waals surface area contributed by atoms with Crippen molar-refractivity contribution < 1.29 is 9.59 Å². The summed E-state index contributed by atoms with van der Waals surface area (Å²) in [5, 5.41) is 3.11. The Morgan fingerprint density at radius 3 is 2.76 bits per heavy atom. The molecule has 0 aromatic carbocycles. The van der Waals surface area contributed by atoms with Crippen LogP contribution in [0, 0.1) is 6.92 Å². The Bertz CT molecular complexity index is 573. The van der Waals surface area contributed by atoms with Gasteiger partial charge in [-0.05, 0) is 19.8 Å². The molecule has 0 bridgehead atoms. The van der Waals surface area contributed by atoms with Crippen LogP contribution in [-0.2, 0) is 16.0 Å². The molecule has 1 aliphatic rings. The highest BCUT2D eigenvalue weighted by Crippen LogP contribution is 2.22. The Morgan fingerprint density at radius 1 is 1.38 bits per heavy atom. The van der Waals surface area contributed by atoms with Gasteiger partial charge in [0, 0.05) is 25.5 Å². The van der Waals surface area contributed by atoms with Gasteiger partial charge in [0.15, 0.2) is 0 Å². The number of carbonyl (C=O) groups is 2. The average molecular weight is 291 g/mol. The van der Waals surface area contributed by atoms with Crippen LogP contribution in [0.3, 0.4) is 0 Å². The van der Waals surface area contributed by atoms with Crippen molar-refractivity contribution >= 4 is 23.5 Å². The van der Waals surface area contributed by atoms with Crippen molar-refractivity contribution in [2.75, 3.05) is 18.1 Å². The molecule has 2 amide bonds. The zero-order valence-electron chi connectivity index (χ0n) is 12.6. The minimum absolute atomic E-state index is 0.149. The van der Waals surface area contributed by atoms with E-state index in [4.69, 9.17) is 5.73 Å². The van der Waals surface area contributed by atoms with E-state index in [-0.39, 0.29) is 11.8 Å². The number of rotatable bonds is 4. The van der Waals surface area contributed by atoms with E-state index in [2.05, 4.69) is 15.3 Å². The predicted molar refractivity (Wildman–Crippen MR) is 79.6 cm³/mol. The summed E-state index contributed by atoms with van der Waals surface area (Å²) in [6.45, 7) is 3.85. The normalized spacial score (nSPS) is 19.0. The Morgan fingerprint density at radius 2 is 2.10 bits per heavy atom. The number of imide groups is 1. The molecule has 2 rings (SSSR count). The van der Waals surface area contributed by atoms with Gasteiger partial charge in [0.1, 0.15) is 23.5 Å². The highest BCUT2D eigenvalue weighted by Gasteiger charge is 2.32. The first kappa shape index (κ1) is 15.2. The lowest BCUT2D eigenvalue weighted by atomic mass is 10.0. The molecule has 1 saturated heterocycles. The molecule has 114 valence electrons. The van der Waals surface area contributed by atoms with Gasteiger partial charge < -0.3 is 11.1 Å². The van der Waals surface area contributed by atoms with Gasteiger partial charge in [-0.15, -0.1) is 0 Å². The minimum atomic E-state index is -0.449. The number of amides is 2. The molecule has 0 aliphatic carbocycles. The van der Waals surface area contributed by atoms with E-state index < -0.39 is 6.04 Å². The topological polar surface area (TPSA) is 101 Å². The summed E-state index contributed by atoms with van der Waals surface area (Å²) < 4.78 is 0. The van der Waals surface area contributed by atoms with Crippen molar-refractivity contribution in [2.45, 2.75) is 45.6 Å². The maximum Gasteiger partial charge on any atom is 0.251 e. The maximum absolute atomic E-state index is 12.1. The highest BCUT2D eigenvalue weighted by atomic mass is 16.2. The van der Waals surface area contributed by atoms with Gasteiger partial charge in [0.05, 0.1) is 0 Å². The lowest BCUT2D eigenvalue weighted by Crippen LogP contribution is -2.48. The van der Waals surface area contributed by atoms with Crippen LogP contribution in [0.4, 0.5) is 11.6 Å². The molecule has 0 radical (unpaired) electrons. The number of likely N-dealkylation sites (N-methyl/N-ethyl adjacent to an activating group) is 1. The lowest BCUT2D eigenvalue weighted by molar-refractivity contribution is -0.146. The fourth-order valence-corrected chi connectivity index (χ4v) is 2.27. The molecule has 21 heavy (non-hydrogen) atoms. The summed E-state index contributed by atoms with van der Waals surface area (Å²) in [5.74, 6) is 1.27. The van der Waals surface area contributed by atoms with Crippen LogP contribution in [0.1, 0.15) is 37.6 Å². The summed E-state index contributed by atoms with van der Waals surface area (Å²) in [7, 11) is 1.50. The van der Waals surface area contributed by atoms with Crippen molar-refractivity contribution in [3.8, 4) is 0 Å². The Hall–Kier alpha value is -2.18. The molecule has 1 atom stereocenters. The number of nitrogens with two attached hydrogens (primary N) is 1. The summed E-state index contributed by atoms with van der Waals surface area (Å²) in [6, 6.07) is -0.449. The van der Waals surface area contributed by atoms with E-state index in [1.54, 1.807) is 0 Å². The Balaban J connectivity index is 2.22. The maximum atomic E-state index is 12.1. The second-order valence-corrected chi connectivity index (χ2v) is 5.28. The van der Waals surface area contributed by atoms with E-state index >= 15 is 0 Å². The van der Waals surface area contributed by atoms with Gasteiger partial charge >= 0.3 is 0 Å². The molecule has 1 aromatic heterocycles. The third-order valence-corrected chi connectivity index (χ3v) is 3.66. The van der Waals surface area contributed by atoms with Crippen molar-refractivity contribution in [3.05, 3.63) is 11.4 Å². The summed E-state index contributed by atoms with van der Waals surface area (Å²) >= 11 is 0. The van der Waals surface area contributed by atoms with Crippen LogP contribution >= 0.6 is 0 Å². The van der Waals surface area contributed by atoms with E-state index in [1.165, 1.54) is 7.05 Å². The first-order valence-electron chi connectivity index (χ1n) is 7.14. The summed E-state index contributed by atoms with van der Waals surface area (Å²) in [4.78, 5) is 33.4. The second kappa shape index (κ2) is 6.07. The lowest BCUT2D eigenvalue weighted by Gasteiger charge is -2.29. The van der Waals surface area contributed by atoms with Crippen LogP contribution in [0.5, 0.6) is 0 Å². The fraction of sp³-hybridized carbons (Fsp3) is 0.571. The Labute approximate surface area is 123 Å². The number of likely N-dealkylation sites (tertiary alicyclic amines) is 1. The van der Waals surface area contributed by atoms with Crippen LogP contribution in [-0.4, -0.2) is 39.8 Å². The number of aromatic nitrogens is 2. The number of hydrogen-bond donors (Lipinski definition) is 2. The molecule has 0 spiro atoms. The second-order valence-electron chi connectivity index (χ2n) is 5.28. The quantitative estimate of drug-likeness (QED) is 0.799. The monoisotopic (exact) mass is 291 g/mol. The van der Waals surface area contributed by atoms with Crippen LogP contribution in [0.15, 0.2) is 0 Å². The molecule has 1 aromatic rings. The van der Waals surface area contributed by atoms with Crippen molar-refractivity contribution in [1.82, 2.24) is 14.9 Å². The third kappa shape index (κ3) is 3.12. The number of nitrogens with zero attached hydrogens (tertiary/aromatic N) is 3. The molecule has 0 saturated carbocycles. The van der Waals surface area contributed by atoms with E-state index in [0.29, 0.717) is 30.3 Å². The smallest absolute Gasteiger partial charge is 0.251 e. The minimum Gasteiger partial charge on any atom is -0.383 e. The van der Waals surface area contributed by atoms with Crippen LogP contribution < -0.4 is 11.1 Å². The average Bonchev–Trinajstić information content (AvgIpc) is 2.45. The van der Waals surface area contributed by atoms with Crippen molar-refractivity contribution in [3.63, 3.8) is 0 Å². The number of nitrogen functional groups attached to an aromatic ring is 1. The summed E-state index contributed by atoms with van der Waals surface area (Å²) in [5.41, 5.74) is 6.62. The molecule has 7 heteroatoms. The van der Waals surface area contributed by atoms with Crippen molar-refractivity contribution in [1.29, 1.82) is 0 Å². The molecule has 1 unspecified atom stereocenters. The largest absolute Gasteiger partial charge is 0.383 e. The van der Waals surface area contributed by atoms with E-state index in [9.17, 15) is 9.59 Å². The number of aryl methyl sites for hydroxylation is 1. The fourth-order valence-electron chi connectivity index (χ4n) is 2.27. The highest BCUT2D eigenvalue weighted by molar-refractivity contribution is 6.01. The molecule has 3 N–H and O–H groups in total. The number of carbonyl (C=O) groups excluding carboxylic acids is 2. The molecular formula is C14H21N5O2. The van der Waals surface area contributed by atoms with Gasteiger partial charge in [0.2, 0.25) is 5.91 Å². The standard InChI is InChI=1S/C14H21N5O2/c1-4-5-10-17-12(15)8(2)13(18-10)16-9-6-7-11(20)19(3)14(9)21/h9H,4-7H2,1-3H3,(H3,15,16,17,18). The van der Waals surface area contributed by atoms with Gasteiger partial charge in [-0.3, -0.25) is 14.5 Å². The zero-order valence-corrected chi connectivity index (χ0v) is 12.6. The number of nitrogens with one attached hydrogen (secondary N) is 1. The molecular weight excluding hydrogens is 270 g/mol. The Kier molecular flexibility index (Phi) is 4.40. The predicted octanol–water partition coefficient (Wildman–Crippen LogP) is 0.879. The molecule has 1 fully saturated rings. The van der Waals surface area contributed by atoms with Gasteiger partial charge in [-0.1, -0.05) is 6.92 Å². The third-order valence-electron chi connectivity index (χ3n) is 3.66. The number of hydrogen-bond acceptors (Lipinski definition) is 6. The van der Waals surface area contributed by atoms with Crippen LogP contribution in [0.25, 0.3) is 0 Å². The van der Waals surface area contributed by atoms with Gasteiger partial charge in [-0.25, -0.2) is 9.97 Å². The van der Waals surface area contributed by atoms with E-state index in [1.807, 2.05) is 13.8 Å². The number of anilines is 2. The number of piperidine rings is 1.